The molecule has 1 fully saturated rings. The summed E-state index contributed by atoms with van der Waals surface area (Å²) in [6, 6.07) is 6.37. The molecule has 2 rings (SSSR count). The number of hydrogen-bond donors (Lipinski definition) is 2. The number of nitro groups is 1. The van der Waals surface area contributed by atoms with Crippen LogP contribution < -0.4 is 11.1 Å². The number of likely N-dealkylation sites (tertiary alicyclic amines) is 1. The summed E-state index contributed by atoms with van der Waals surface area (Å²) >= 11 is 0. The second kappa shape index (κ2) is 7.74. The van der Waals surface area contributed by atoms with Crippen LogP contribution >= 0.6 is 0 Å². The second-order valence-electron chi connectivity index (χ2n) is 5.58. The van der Waals surface area contributed by atoms with E-state index < -0.39 is 4.92 Å². The average molecular weight is 306 g/mol. The van der Waals surface area contributed by atoms with Gasteiger partial charge in [-0.25, -0.2) is 0 Å². The molecule has 1 aromatic rings. The third kappa shape index (κ3) is 4.70. The molecule has 0 bridgehead atoms. The lowest BCUT2D eigenvalue weighted by molar-refractivity contribution is -0.384. The minimum atomic E-state index is -0.425. The predicted molar refractivity (Wildman–Crippen MR) is 84.6 cm³/mol. The van der Waals surface area contributed by atoms with Gasteiger partial charge in [0.25, 0.3) is 5.69 Å². The molecular weight excluding hydrogens is 284 g/mol. The fourth-order valence-electron chi connectivity index (χ4n) is 2.57. The van der Waals surface area contributed by atoms with Crippen LogP contribution in [0.3, 0.4) is 0 Å². The molecule has 1 aromatic carbocycles. The van der Waals surface area contributed by atoms with Crippen molar-refractivity contribution in [2.24, 2.45) is 5.73 Å². The molecule has 22 heavy (non-hydrogen) atoms. The van der Waals surface area contributed by atoms with Crippen LogP contribution in [0.2, 0.25) is 0 Å². The number of amides is 1. The van der Waals surface area contributed by atoms with Crippen LogP contribution in [0.1, 0.15) is 25.7 Å². The van der Waals surface area contributed by atoms with Crippen LogP contribution in [0.15, 0.2) is 24.3 Å². The molecule has 3 N–H and O–H groups in total. The number of nitrogens with one attached hydrogen (secondary N) is 1. The molecule has 0 spiro atoms. The zero-order chi connectivity index (χ0) is 15.9. The van der Waals surface area contributed by atoms with Crippen molar-refractivity contribution >= 4 is 17.3 Å². The Bertz CT molecular complexity index is 518. The Morgan fingerprint density at radius 2 is 2.14 bits per heavy atom. The molecule has 1 atom stereocenters. The van der Waals surface area contributed by atoms with Crippen LogP contribution in [0.25, 0.3) is 0 Å². The van der Waals surface area contributed by atoms with Crippen molar-refractivity contribution in [1.29, 1.82) is 0 Å². The van der Waals surface area contributed by atoms with E-state index in [9.17, 15) is 14.9 Å². The first kappa shape index (κ1) is 16.2. The zero-order valence-electron chi connectivity index (χ0n) is 12.5. The van der Waals surface area contributed by atoms with Gasteiger partial charge in [-0.2, -0.15) is 0 Å². The van der Waals surface area contributed by atoms with E-state index in [1.165, 1.54) is 12.1 Å². The van der Waals surface area contributed by atoms with Gasteiger partial charge in [0.2, 0.25) is 5.91 Å². The van der Waals surface area contributed by atoms with Crippen molar-refractivity contribution in [3.63, 3.8) is 0 Å². The quantitative estimate of drug-likeness (QED) is 0.473. The van der Waals surface area contributed by atoms with Gasteiger partial charge in [-0.15, -0.1) is 0 Å². The van der Waals surface area contributed by atoms with Gasteiger partial charge in [-0.05, 0) is 31.4 Å². The highest BCUT2D eigenvalue weighted by Crippen LogP contribution is 2.15. The Morgan fingerprint density at radius 3 is 2.77 bits per heavy atom. The lowest BCUT2D eigenvalue weighted by Gasteiger charge is -2.30. The molecule has 0 radical (unpaired) electrons. The van der Waals surface area contributed by atoms with Gasteiger partial charge in [0.1, 0.15) is 0 Å². The number of nitrogens with two attached hydrogens (primary N) is 1. The lowest BCUT2D eigenvalue weighted by atomic mass is 10.1. The highest BCUT2D eigenvalue weighted by molar-refractivity contribution is 5.76. The number of hydrogen-bond acceptors (Lipinski definition) is 5. The van der Waals surface area contributed by atoms with Gasteiger partial charge in [0, 0.05) is 49.9 Å². The minimum absolute atomic E-state index is 0.0714. The predicted octanol–water partition coefficient (Wildman–Crippen LogP) is 1.74. The SMILES string of the molecule is NC1CCCN(C(=O)CCCNc2ccc([N+](=O)[O-])cc2)C1. The first-order valence-electron chi connectivity index (χ1n) is 7.58. The van der Waals surface area contributed by atoms with Gasteiger partial charge in [-0.1, -0.05) is 0 Å². The Kier molecular flexibility index (Phi) is 5.71. The number of carbonyl (C=O) groups is 1. The second-order valence-corrected chi connectivity index (χ2v) is 5.58. The maximum Gasteiger partial charge on any atom is 0.269 e. The molecule has 1 heterocycles. The summed E-state index contributed by atoms with van der Waals surface area (Å²) in [4.78, 5) is 24.0. The zero-order valence-corrected chi connectivity index (χ0v) is 12.5. The van der Waals surface area contributed by atoms with E-state index in [1.807, 2.05) is 4.90 Å². The molecule has 1 unspecified atom stereocenters. The first-order valence-corrected chi connectivity index (χ1v) is 7.58. The highest BCUT2D eigenvalue weighted by atomic mass is 16.6. The lowest BCUT2D eigenvalue weighted by Crippen LogP contribution is -2.45. The van der Waals surface area contributed by atoms with Crippen molar-refractivity contribution in [2.75, 3.05) is 25.0 Å². The molecule has 0 aliphatic carbocycles. The number of rotatable bonds is 6. The Labute approximate surface area is 129 Å². The topological polar surface area (TPSA) is 102 Å². The Hall–Kier alpha value is -2.15. The van der Waals surface area contributed by atoms with E-state index in [4.69, 9.17) is 5.73 Å². The molecule has 1 amide bonds. The van der Waals surface area contributed by atoms with Crippen molar-refractivity contribution in [2.45, 2.75) is 31.7 Å². The standard InChI is InChI=1S/C15H22N4O3/c16-12-3-2-10-18(11-12)15(20)4-1-9-17-13-5-7-14(8-6-13)19(21)22/h5-8,12,17H,1-4,9-11,16H2. The number of piperidine rings is 1. The summed E-state index contributed by atoms with van der Waals surface area (Å²) in [6.07, 6.45) is 3.19. The largest absolute Gasteiger partial charge is 0.385 e. The van der Waals surface area contributed by atoms with E-state index in [2.05, 4.69) is 5.32 Å². The number of carbonyl (C=O) groups excluding carboxylic acids is 1. The maximum absolute atomic E-state index is 12.0. The van der Waals surface area contributed by atoms with Crippen molar-refractivity contribution in [3.8, 4) is 0 Å². The molecule has 7 nitrogen and oxygen atoms in total. The summed E-state index contributed by atoms with van der Waals surface area (Å²) in [6.45, 7) is 2.13. The monoisotopic (exact) mass is 306 g/mol. The number of benzene rings is 1. The fourth-order valence-corrected chi connectivity index (χ4v) is 2.57. The number of nitrogens with zero attached hydrogens (tertiary/aromatic N) is 2. The van der Waals surface area contributed by atoms with E-state index in [0.717, 1.165) is 31.5 Å². The molecule has 1 aliphatic rings. The van der Waals surface area contributed by atoms with E-state index >= 15 is 0 Å². The summed E-state index contributed by atoms with van der Waals surface area (Å²) in [5.41, 5.74) is 6.76. The minimum Gasteiger partial charge on any atom is -0.385 e. The van der Waals surface area contributed by atoms with Gasteiger partial charge < -0.3 is 16.0 Å². The maximum atomic E-state index is 12.0. The number of non-ortho nitro benzene ring substituents is 1. The Morgan fingerprint density at radius 1 is 1.41 bits per heavy atom. The van der Waals surface area contributed by atoms with Crippen LogP contribution in [0.4, 0.5) is 11.4 Å². The molecule has 7 heteroatoms. The van der Waals surface area contributed by atoms with Gasteiger partial charge in [0.05, 0.1) is 4.92 Å². The number of anilines is 1. The van der Waals surface area contributed by atoms with Gasteiger partial charge in [-0.3, -0.25) is 14.9 Å². The van der Waals surface area contributed by atoms with E-state index in [0.29, 0.717) is 19.5 Å². The summed E-state index contributed by atoms with van der Waals surface area (Å²) in [5, 5.41) is 13.7. The van der Waals surface area contributed by atoms with Crippen LogP contribution in [-0.4, -0.2) is 41.4 Å². The number of nitro benzene ring substituents is 1. The molecule has 1 aliphatic heterocycles. The third-order valence-electron chi connectivity index (χ3n) is 3.79. The third-order valence-corrected chi connectivity index (χ3v) is 3.79. The van der Waals surface area contributed by atoms with Crippen LogP contribution in [-0.2, 0) is 4.79 Å². The molecule has 0 aromatic heterocycles. The Balaban J connectivity index is 1.68. The van der Waals surface area contributed by atoms with Gasteiger partial charge in [0.15, 0.2) is 0 Å². The highest BCUT2D eigenvalue weighted by Gasteiger charge is 2.20. The molecular formula is C15H22N4O3. The van der Waals surface area contributed by atoms with Crippen molar-refractivity contribution < 1.29 is 9.72 Å². The van der Waals surface area contributed by atoms with E-state index in [1.54, 1.807) is 12.1 Å². The summed E-state index contributed by atoms with van der Waals surface area (Å²) in [5.74, 6) is 0.153. The molecule has 0 saturated carbocycles. The smallest absolute Gasteiger partial charge is 0.269 e. The summed E-state index contributed by atoms with van der Waals surface area (Å²) < 4.78 is 0. The average Bonchev–Trinajstić information content (AvgIpc) is 2.51. The van der Waals surface area contributed by atoms with Crippen molar-refractivity contribution in [3.05, 3.63) is 34.4 Å². The normalized spacial score (nSPS) is 18.0. The van der Waals surface area contributed by atoms with Crippen LogP contribution in [0.5, 0.6) is 0 Å². The van der Waals surface area contributed by atoms with Crippen molar-refractivity contribution in [1.82, 2.24) is 4.90 Å². The first-order chi connectivity index (χ1) is 10.6. The molecule has 120 valence electrons. The van der Waals surface area contributed by atoms with Crippen LogP contribution in [0, 0.1) is 10.1 Å². The van der Waals surface area contributed by atoms with E-state index in [-0.39, 0.29) is 17.6 Å². The summed E-state index contributed by atoms with van der Waals surface area (Å²) in [7, 11) is 0. The van der Waals surface area contributed by atoms with Gasteiger partial charge >= 0.3 is 0 Å². The molecule has 1 saturated heterocycles. The fraction of sp³-hybridized carbons (Fsp3) is 0.533.